The van der Waals surface area contributed by atoms with E-state index >= 15 is 0 Å². The molecule has 3 nitrogen and oxygen atoms in total. The molecule has 2 aliphatic carbocycles. The van der Waals surface area contributed by atoms with Gasteiger partial charge in [0.2, 0.25) is 0 Å². The summed E-state index contributed by atoms with van der Waals surface area (Å²) in [5.41, 5.74) is 2.31. The monoisotopic (exact) mass is 434 g/mol. The highest BCUT2D eigenvalue weighted by molar-refractivity contribution is 5.68. The number of rotatable bonds is 6. The Labute approximate surface area is 193 Å². The van der Waals surface area contributed by atoms with E-state index in [-0.39, 0.29) is 0 Å². The lowest BCUT2D eigenvalue weighted by Gasteiger charge is -2.32. The first kappa shape index (κ1) is 22.9. The van der Waals surface area contributed by atoms with Crippen molar-refractivity contribution in [3.8, 4) is 11.5 Å². The van der Waals surface area contributed by atoms with Crippen molar-refractivity contribution in [1.29, 1.82) is 0 Å². The molecule has 3 heteroatoms. The molecule has 2 aromatic carbocycles. The molecule has 4 rings (SSSR count). The van der Waals surface area contributed by atoms with Gasteiger partial charge in [-0.2, -0.15) is 0 Å². The average molecular weight is 435 g/mol. The molecule has 0 heterocycles. The second kappa shape index (κ2) is 11.0. The van der Waals surface area contributed by atoms with Crippen LogP contribution in [0.1, 0.15) is 101 Å². The molecule has 0 bridgehead atoms. The van der Waals surface area contributed by atoms with E-state index in [0.29, 0.717) is 35.2 Å². The molecule has 4 unspecified atom stereocenters. The van der Waals surface area contributed by atoms with Crippen LogP contribution >= 0.6 is 0 Å². The number of benzene rings is 2. The molecule has 0 aromatic heterocycles. The Kier molecular flexibility index (Phi) is 7.89. The Morgan fingerprint density at radius 1 is 0.688 bits per heavy atom. The summed E-state index contributed by atoms with van der Waals surface area (Å²) in [6, 6.07) is 16.1. The molecule has 0 N–H and O–H groups in total. The van der Waals surface area contributed by atoms with Crippen LogP contribution in [0.2, 0.25) is 0 Å². The third-order valence-electron chi connectivity index (χ3n) is 7.89. The van der Waals surface area contributed by atoms with Crippen molar-refractivity contribution in [2.45, 2.75) is 89.9 Å². The van der Waals surface area contributed by atoms with Gasteiger partial charge in [0.05, 0.1) is 0 Å². The van der Waals surface area contributed by atoms with E-state index in [1.54, 1.807) is 0 Å². The molecule has 172 valence electrons. The SMILES string of the molecule is CCC1CCCCC1c1ccccc1OC(=O)Oc1ccccc1C1CCCCC1CC. The van der Waals surface area contributed by atoms with E-state index in [0.717, 1.165) is 36.8 Å². The number of carbonyl (C=O) groups excluding carboxylic acids is 1. The quantitative estimate of drug-likeness (QED) is 0.337. The van der Waals surface area contributed by atoms with Crippen molar-refractivity contribution in [2.24, 2.45) is 11.8 Å². The van der Waals surface area contributed by atoms with Gasteiger partial charge in [0.25, 0.3) is 0 Å². The largest absolute Gasteiger partial charge is 0.519 e. The molecule has 0 spiro atoms. The summed E-state index contributed by atoms with van der Waals surface area (Å²) >= 11 is 0. The molecule has 32 heavy (non-hydrogen) atoms. The van der Waals surface area contributed by atoms with E-state index in [4.69, 9.17) is 9.47 Å². The number of hydrogen-bond acceptors (Lipinski definition) is 3. The fourth-order valence-corrected chi connectivity index (χ4v) is 6.17. The normalized spacial score (nSPS) is 25.8. The van der Waals surface area contributed by atoms with Crippen LogP contribution in [0.25, 0.3) is 0 Å². The summed E-state index contributed by atoms with van der Waals surface area (Å²) in [6.07, 6.45) is 11.6. The van der Waals surface area contributed by atoms with Crippen LogP contribution in [-0.2, 0) is 0 Å². The van der Waals surface area contributed by atoms with Crippen molar-refractivity contribution in [3.05, 3.63) is 59.7 Å². The van der Waals surface area contributed by atoms with Gasteiger partial charge < -0.3 is 9.47 Å². The number of para-hydroxylation sites is 2. The summed E-state index contributed by atoms with van der Waals surface area (Å²) in [7, 11) is 0. The molecule has 2 aromatic rings. The highest BCUT2D eigenvalue weighted by atomic mass is 16.7. The van der Waals surface area contributed by atoms with Crippen LogP contribution in [0.4, 0.5) is 4.79 Å². The van der Waals surface area contributed by atoms with Crippen molar-refractivity contribution in [3.63, 3.8) is 0 Å². The Morgan fingerprint density at radius 2 is 1.09 bits per heavy atom. The summed E-state index contributed by atoms with van der Waals surface area (Å²) in [5.74, 6) is 3.54. The lowest BCUT2D eigenvalue weighted by molar-refractivity contribution is 0.149. The van der Waals surface area contributed by atoms with Crippen LogP contribution < -0.4 is 9.47 Å². The minimum absolute atomic E-state index is 0.456. The number of carbonyl (C=O) groups is 1. The van der Waals surface area contributed by atoms with Gasteiger partial charge in [-0.25, -0.2) is 4.79 Å². The predicted molar refractivity (Wildman–Crippen MR) is 130 cm³/mol. The lowest BCUT2D eigenvalue weighted by Crippen LogP contribution is -2.21. The van der Waals surface area contributed by atoms with Crippen LogP contribution in [-0.4, -0.2) is 6.16 Å². The smallest absolute Gasteiger partial charge is 0.394 e. The zero-order valence-electron chi connectivity index (χ0n) is 19.7. The first-order valence-electron chi connectivity index (χ1n) is 12.8. The first-order valence-corrected chi connectivity index (χ1v) is 12.8. The fourth-order valence-electron chi connectivity index (χ4n) is 6.17. The lowest BCUT2D eigenvalue weighted by atomic mass is 9.74. The third kappa shape index (κ3) is 5.19. The minimum atomic E-state index is -0.627. The molecule has 2 saturated carbocycles. The highest BCUT2D eigenvalue weighted by Gasteiger charge is 2.30. The Bertz CT molecular complexity index is 818. The minimum Gasteiger partial charge on any atom is -0.394 e. The van der Waals surface area contributed by atoms with Gasteiger partial charge in [0.1, 0.15) is 11.5 Å². The molecule has 0 radical (unpaired) electrons. The standard InChI is InChI=1S/C29H38O3/c1-3-21-13-5-7-15-23(21)25-17-9-11-19-27(25)31-29(30)32-28-20-12-10-18-26(28)24-16-8-6-14-22(24)4-2/h9-12,17-24H,3-8,13-16H2,1-2H3. The van der Waals surface area contributed by atoms with Crippen molar-refractivity contribution in [1.82, 2.24) is 0 Å². The van der Waals surface area contributed by atoms with Crippen LogP contribution in [0.5, 0.6) is 11.5 Å². The van der Waals surface area contributed by atoms with Crippen molar-refractivity contribution in [2.75, 3.05) is 0 Å². The van der Waals surface area contributed by atoms with Crippen LogP contribution in [0.15, 0.2) is 48.5 Å². The van der Waals surface area contributed by atoms with Crippen molar-refractivity contribution >= 4 is 6.16 Å². The van der Waals surface area contributed by atoms with Crippen LogP contribution in [0.3, 0.4) is 0 Å². The molecule has 2 fully saturated rings. The van der Waals surface area contributed by atoms with Gasteiger partial charge in [-0.05, 0) is 72.6 Å². The van der Waals surface area contributed by atoms with Gasteiger partial charge in [-0.15, -0.1) is 0 Å². The second-order valence-electron chi connectivity index (χ2n) is 9.65. The van der Waals surface area contributed by atoms with Gasteiger partial charge in [0, 0.05) is 0 Å². The van der Waals surface area contributed by atoms with Gasteiger partial charge in [-0.1, -0.05) is 88.8 Å². The highest BCUT2D eigenvalue weighted by Crippen LogP contribution is 2.44. The van der Waals surface area contributed by atoms with Gasteiger partial charge in [-0.3, -0.25) is 0 Å². The Hall–Kier alpha value is -2.29. The molecule has 0 saturated heterocycles. The maximum Gasteiger partial charge on any atom is 0.519 e. The number of hydrogen-bond donors (Lipinski definition) is 0. The molecular formula is C29H38O3. The maximum absolute atomic E-state index is 12.9. The molecule has 0 amide bonds. The summed E-state index contributed by atoms with van der Waals surface area (Å²) in [5, 5.41) is 0. The third-order valence-corrected chi connectivity index (χ3v) is 7.89. The molecular weight excluding hydrogens is 396 g/mol. The van der Waals surface area contributed by atoms with Gasteiger partial charge >= 0.3 is 6.16 Å². The van der Waals surface area contributed by atoms with E-state index < -0.39 is 6.16 Å². The average Bonchev–Trinajstić information content (AvgIpc) is 2.84. The summed E-state index contributed by atoms with van der Waals surface area (Å²) in [4.78, 5) is 12.9. The summed E-state index contributed by atoms with van der Waals surface area (Å²) in [6.45, 7) is 4.54. The maximum atomic E-state index is 12.9. The molecule has 2 aliphatic rings. The van der Waals surface area contributed by atoms with Crippen molar-refractivity contribution < 1.29 is 14.3 Å². The van der Waals surface area contributed by atoms with Crippen LogP contribution in [0, 0.1) is 11.8 Å². The predicted octanol–water partition coefficient (Wildman–Crippen LogP) is 8.63. The Morgan fingerprint density at radius 3 is 1.53 bits per heavy atom. The number of ether oxygens (including phenoxy) is 2. The topological polar surface area (TPSA) is 35.5 Å². The van der Waals surface area contributed by atoms with E-state index in [9.17, 15) is 4.79 Å². The van der Waals surface area contributed by atoms with Gasteiger partial charge in [0.15, 0.2) is 0 Å². The Balaban J connectivity index is 1.51. The van der Waals surface area contributed by atoms with E-state index in [1.165, 1.54) is 38.5 Å². The van der Waals surface area contributed by atoms with E-state index in [1.807, 2.05) is 24.3 Å². The first-order chi connectivity index (χ1) is 15.7. The zero-order valence-corrected chi connectivity index (χ0v) is 19.7. The fraction of sp³-hybridized carbons (Fsp3) is 0.552. The molecule has 0 aliphatic heterocycles. The second-order valence-corrected chi connectivity index (χ2v) is 9.65. The summed E-state index contributed by atoms with van der Waals surface area (Å²) < 4.78 is 11.7. The zero-order chi connectivity index (χ0) is 22.3. The van der Waals surface area contributed by atoms with E-state index in [2.05, 4.69) is 38.1 Å². The molecule has 4 atom stereocenters.